The van der Waals surface area contributed by atoms with Crippen LogP contribution in [0.4, 0.5) is 0 Å². The molecule has 1 N–H and O–H groups in total. The first-order valence-corrected chi connectivity index (χ1v) is 4.91. The molecule has 0 saturated heterocycles. The predicted octanol–water partition coefficient (Wildman–Crippen LogP) is 3.45. The van der Waals surface area contributed by atoms with E-state index in [9.17, 15) is 0 Å². The summed E-state index contributed by atoms with van der Waals surface area (Å²) >= 11 is 0. The summed E-state index contributed by atoms with van der Waals surface area (Å²) in [5.41, 5.74) is 3.09. The minimum atomic E-state index is 0. The molecule has 78 valence electrons. The summed E-state index contributed by atoms with van der Waals surface area (Å²) in [4.78, 5) is 3.49. The molecule has 0 unspecified atom stereocenters. The molecule has 0 amide bonds. The Bertz CT molecular complexity index is 266. The second kappa shape index (κ2) is 4.79. The third kappa shape index (κ3) is 3.78. The number of rotatable bonds is 0. The molecule has 0 saturated carbocycles. The van der Waals surface area contributed by atoms with Crippen molar-refractivity contribution in [3.63, 3.8) is 0 Å². The number of aromatic nitrogens is 1. The van der Waals surface area contributed by atoms with Crippen molar-refractivity contribution in [2.75, 3.05) is 0 Å². The monoisotopic (exact) mass is 319 g/mol. The minimum Gasteiger partial charge on any atom is -1.00 e. The van der Waals surface area contributed by atoms with Gasteiger partial charge in [0.2, 0.25) is 0 Å². The van der Waals surface area contributed by atoms with Gasteiger partial charge in [-0.05, 0) is 12.1 Å². The van der Waals surface area contributed by atoms with Gasteiger partial charge in [0.1, 0.15) is 0 Å². The normalized spacial score (nSPS) is 12.4. The quantitative estimate of drug-likeness (QED) is 0.705. The van der Waals surface area contributed by atoms with E-state index in [1.807, 2.05) is 0 Å². The van der Waals surface area contributed by atoms with Crippen molar-refractivity contribution < 1.29 is 2.85 Å². The third-order valence-electron chi connectivity index (χ3n) is 2.30. The van der Waals surface area contributed by atoms with Gasteiger partial charge in [-0.25, -0.2) is 0 Å². The molecule has 1 aromatic rings. The van der Waals surface area contributed by atoms with Crippen LogP contribution >= 0.6 is 0 Å². The first-order chi connectivity index (χ1) is 5.71. The largest absolute Gasteiger partial charge is 2.00 e. The standard InChI is InChI=1S/C12H21N.Ba.2H/c1-11(2,3)9-7-8-10(13-9)12(4,5)6;;;/h7-8,13H,1-6H3;;;/q;+2;2*-1. The fraction of sp³-hybridized carbons (Fsp3) is 0.667. The summed E-state index contributed by atoms with van der Waals surface area (Å²) in [7, 11) is 0. The van der Waals surface area contributed by atoms with Gasteiger partial charge in [-0.2, -0.15) is 0 Å². The predicted molar refractivity (Wildman–Crippen MR) is 66.2 cm³/mol. The van der Waals surface area contributed by atoms with E-state index < -0.39 is 0 Å². The smallest absolute Gasteiger partial charge is 1.00 e. The van der Waals surface area contributed by atoms with Crippen LogP contribution in [0.5, 0.6) is 0 Å². The average Bonchev–Trinajstić information content (AvgIpc) is 2.28. The molecule has 1 nitrogen and oxygen atoms in total. The van der Waals surface area contributed by atoms with E-state index in [-0.39, 0.29) is 62.6 Å². The van der Waals surface area contributed by atoms with Crippen LogP contribution in [0.15, 0.2) is 12.1 Å². The van der Waals surface area contributed by atoms with E-state index >= 15 is 0 Å². The van der Waals surface area contributed by atoms with Crippen molar-refractivity contribution in [3.05, 3.63) is 23.5 Å². The molecule has 1 heterocycles. The fourth-order valence-corrected chi connectivity index (χ4v) is 1.27. The van der Waals surface area contributed by atoms with Gasteiger partial charge >= 0.3 is 48.9 Å². The SMILES string of the molecule is CC(C)(C)c1ccc(C(C)(C)C)[nH]1.[Ba+2].[H-].[H-]. The summed E-state index contributed by atoms with van der Waals surface area (Å²) in [6, 6.07) is 4.39. The summed E-state index contributed by atoms with van der Waals surface area (Å²) < 4.78 is 0. The van der Waals surface area contributed by atoms with Gasteiger partial charge in [0, 0.05) is 22.2 Å². The van der Waals surface area contributed by atoms with E-state index in [4.69, 9.17) is 0 Å². The van der Waals surface area contributed by atoms with E-state index in [2.05, 4.69) is 58.7 Å². The van der Waals surface area contributed by atoms with Crippen LogP contribution in [-0.2, 0) is 10.8 Å². The van der Waals surface area contributed by atoms with Crippen LogP contribution in [0, 0.1) is 0 Å². The molecule has 0 aliphatic rings. The second-order valence-corrected chi connectivity index (χ2v) is 5.79. The minimum absolute atomic E-state index is 0. The Morgan fingerprint density at radius 2 is 1.14 bits per heavy atom. The number of hydrogen-bond donors (Lipinski definition) is 1. The zero-order valence-electron chi connectivity index (χ0n) is 12.4. The first-order valence-electron chi connectivity index (χ1n) is 4.91. The Hall–Kier alpha value is 0.851. The molecule has 1 rings (SSSR count). The molecule has 0 radical (unpaired) electrons. The van der Waals surface area contributed by atoms with Crippen LogP contribution in [-0.4, -0.2) is 53.9 Å². The molecule has 2 heteroatoms. The Kier molecular flexibility index (Phi) is 5.08. The van der Waals surface area contributed by atoms with Crippen LogP contribution < -0.4 is 0 Å². The van der Waals surface area contributed by atoms with Crippen LogP contribution in [0.1, 0.15) is 55.8 Å². The molecule has 0 spiro atoms. The molecule has 0 aliphatic carbocycles. The molecule has 0 atom stereocenters. The van der Waals surface area contributed by atoms with Crippen LogP contribution in [0.2, 0.25) is 0 Å². The second-order valence-electron chi connectivity index (χ2n) is 5.79. The van der Waals surface area contributed by atoms with Gasteiger partial charge in [-0.3, -0.25) is 0 Å². The molecule has 0 aromatic carbocycles. The number of aromatic amines is 1. The molecule has 0 aliphatic heterocycles. The van der Waals surface area contributed by atoms with E-state index in [1.54, 1.807) is 0 Å². The zero-order valence-corrected chi connectivity index (χ0v) is 14.8. The number of H-pyrrole nitrogens is 1. The summed E-state index contributed by atoms with van der Waals surface area (Å²) in [5.74, 6) is 0. The maximum atomic E-state index is 3.49. The Morgan fingerprint density at radius 1 is 0.857 bits per heavy atom. The fourth-order valence-electron chi connectivity index (χ4n) is 1.27. The Balaban J connectivity index is -0.000000563. The van der Waals surface area contributed by atoms with Gasteiger partial charge in [-0.1, -0.05) is 41.5 Å². The maximum absolute atomic E-state index is 3.49. The molecule has 0 bridgehead atoms. The van der Waals surface area contributed by atoms with Crippen molar-refractivity contribution >= 4 is 48.9 Å². The van der Waals surface area contributed by atoms with Crippen LogP contribution in [0.25, 0.3) is 0 Å². The summed E-state index contributed by atoms with van der Waals surface area (Å²) in [5, 5.41) is 0. The third-order valence-corrected chi connectivity index (χ3v) is 2.30. The Morgan fingerprint density at radius 3 is 1.29 bits per heavy atom. The molecule has 14 heavy (non-hydrogen) atoms. The van der Waals surface area contributed by atoms with Gasteiger partial charge in [0.25, 0.3) is 0 Å². The topological polar surface area (TPSA) is 15.8 Å². The van der Waals surface area contributed by atoms with Gasteiger partial charge in [0.15, 0.2) is 0 Å². The van der Waals surface area contributed by atoms with E-state index in [0.717, 1.165) is 0 Å². The average molecular weight is 319 g/mol. The first kappa shape index (κ1) is 14.9. The van der Waals surface area contributed by atoms with Gasteiger partial charge in [0.05, 0.1) is 0 Å². The van der Waals surface area contributed by atoms with E-state index in [0.29, 0.717) is 0 Å². The van der Waals surface area contributed by atoms with Crippen molar-refractivity contribution in [2.24, 2.45) is 0 Å². The molecular formula is C12H23BaN. The van der Waals surface area contributed by atoms with Crippen LogP contribution in [0.3, 0.4) is 0 Å². The maximum Gasteiger partial charge on any atom is 2.00 e. The Labute approximate surface area is 131 Å². The van der Waals surface area contributed by atoms with Gasteiger partial charge < -0.3 is 7.84 Å². The van der Waals surface area contributed by atoms with Crippen molar-refractivity contribution in [2.45, 2.75) is 52.4 Å². The number of hydrogen-bond acceptors (Lipinski definition) is 0. The van der Waals surface area contributed by atoms with Crippen molar-refractivity contribution in [3.8, 4) is 0 Å². The summed E-state index contributed by atoms with van der Waals surface area (Å²) in [6.45, 7) is 13.4. The van der Waals surface area contributed by atoms with Crippen molar-refractivity contribution in [1.82, 2.24) is 4.98 Å². The van der Waals surface area contributed by atoms with E-state index in [1.165, 1.54) is 11.4 Å². The number of nitrogens with one attached hydrogen (secondary N) is 1. The molecule has 0 fully saturated rings. The summed E-state index contributed by atoms with van der Waals surface area (Å²) in [6.07, 6.45) is 0. The van der Waals surface area contributed by atoms with Crippen molar-refractivity contribution in [1.29, 1.82) is 0 Å². The zero-order chi connectivity index (χ0) is 10.3. The van der Waals surface area contributed by atoms with Gasteiger partial charge in [-0.15, -0.1) is 0 Å². The molecule has 1 aromatic heterocycles. The molecular weight excluding hydrogens is 295 g/mol.